The van der Waals surface area contributed by atoms with Crippen LogP contribution in [-0.4, -0.2) is 34.1 Å². The van der Waals surface area contributed by atoms with Gasteiger partial charge in [0.05, 0.1) is 23.4 Å². The molecule has 7 nitrogen and oxygen atoms in total. The van der Waals surface area contributed by atoms with E-state index in [1.165, 1.54) is 24.2 Å². The summed E-state index contributed by atoms with van der Waals surface area (Å²) in [5.74, 6) is 1.41. The second-order valence-corrected chi connectivity index (χ2v) is 13.7. The van der Waals surface area contributed by atoms with Gasteiger partial charge in [-0.15, -0.1) is 11.3 Å². The summed E-state index contributed by atoms with van der Waals surface area (Å²) in [5, 5.41) is 0. The van der Waals surface area contributed by atoms with Gasteiger partial charge in [0.15, 0.2) is 11.5 Å². The number of anilines is 2. The Bertz CT molecular complexity index is 1460. The summed E-state index contributed by atoms with van der Waals surface area (Å²) in [5.41, 5.74) is 2.09. The van der Waals surface area contributed by atoms with Gasteiger partial charge in [-0.25, -0.2) is 8.42 Å². The first-order valence-electron chi connectivity index (χ1n) is 12.7. The number of hydrogen-bond donors (Lipinski definition) is 1. The van der Waals surface area contributed by atoms with Crippen molar-refractivity contribution in [3.63, 3.8) is 0 Å². The van der Waals surface area contributed by atoms with Crippen LogP contribution in [-0.2, 0) is 14.8 Å². The van der Waals surface area contributed by atoms with Gasteiger partial charge in [-0.1, -0.05) is 12.1 Å². The molecule has 2 aliphatic rings. The minimum atomic E-state index is -3.80. The first-order chi connectivity index (χ1) is 18.2. The van der Waals surface area contributed by atoms with Crippen molar-refractivity contribution in [3.05, 3.63) is 62.3 Å². The molecule has 0 radical (unpaired) electrons. The van der Waals surface area contributed by atoms with Gasteiger partial charge in [0, 0.05) is 34.3 Å². The molecular weight excluding hydrogens is 588 g/mol. The van der Waals surface area contributed by atoms with Crippen LogP contribution in [0, 0.1) is 13.8 Å². The molecule has 5 rings (SSSR count). The molecule has 1 amide bonds. The second-order valence-electron chi connectivity index (χ2n) is 9.85. The number of halogens is 1. The Kier molecular flexibility index (Phi) is 7.75. The van der Waals surface area contributed by atoms with Crippen molar-refractivity contribution < 1.29 is 22.7 Å². The quantitative estimate of drug-likeness (QED) is 0.301. The van der Waals surface area contributed by atoms with E-state index in [1.54, 1.807) is 37.1 Å². The van der Waals surface area contributed by atoms with Crippen LogP contribution in [0.5, 0.6) is 11.5 Å². The third kappa shape index (κ3) is 5.44. The van der Waals surface area contributed by atoms with Crippen molar-refractivity contribution in [3.8, 4) is 11.5 Å². The normalized spacial score (nSPS) is 18.3. The lowest BCUT2D eigenvalue weighted by Crippen LogP contribution is -2.24. The van der Waals surface area contributed by atoms with Gasteiger partial charge in [-0.2, -0.15) is 0 Å². The summed E-state index contributed by atoms with van der Waals surface area (Å²) in [4.78, 5) is 16.7. The lowest BCUT2D eigenvalue weighted by Gasteiger charge is -2.20. The molecule has 1 atom stereocenters. The van der Waals surface area contributed by atoms with Crippen molar-refractivity contribution in [2.24, 2.45) is 0 Å². The fourth-order valence-electron chi connectivity index (χ4n) is 5.29. The number of amides is 1. The number of nitrogens with one attached hydrogen (secondary N) is 1. The molecule has 1 N–H and O–H groups in total. The van der Waals surface area contributed by atoms with E-state index in [9.17, 15) is 13.2 Å². The summed E-state index contributed by atoms with van der Waals surface area (Å²) < 4.78 is 41.4. The average molecular weight is 620 g/mol. The summed E-state index contributed by atoms with van der Waals surface area (Å²) in [6, 6.07) is 12.9. The van der Waals surface area contributed by atoms with E-state index in [4.69, 9.17) is 9.47 Å². The van der Waals surface area contributed by atoms with E-state index in [0.717, 1.165) is 29.0 Å². The maximum absolute atomic E-state index is 13.2. The molecule has 0 spiro atoms. The molecule has 3 aromatic rings. The van der Waals surface area contributed by atoms with Gasteiger partial charge < -0.3 is 14.4 Å². The number of carbonyl (C=O) groups is 1. The zero-order chi connectivity index (χ0) is 27.0. The first kappa shape index (κ1) is 27.0. The third-order valence-electron chi connectivity index (χ3n) is 7.19. The van der Waals surface area contributed by atoms with Crippen LogP contribution in [0.15, 0.2) is 51.8 Å². The molecule has 1 aliphatic carbocycles. The van der Waals surface area contributed by atoms with E-state index in [2.05, 4.69) is 20.7 Å². The van der Waals surface area contributed by atoms with Crippen molar-refractivity contribution in [2.75, 3.05) is 23.3 Å². The number of nitrogens with zero attached hydrogens (tertiary/aromatic N) is 1. The molecule has 1 unspecified atom stereocenters. The fraction of sp³-hybridized carbons (Fsp3) is 0.393. The number of hydrogen-bond acceptors (Lipinski definition) is 6. The predicted molar refractivity (Wildman–Crippen MR) is 154 cm³/mol. The molecule has 1 saturated heterocycles. The van der Waals surface area contributed by atoms with Crippen LogP contribution in [0.1, 0.15) is 53.3 Å². The number of ether oxygens (including phenoxy) is 2. The highest BCUT2D eigenvalue weighted by molar-refractivity contribution is 9.10. The zero-order valence-corrected chi connectivity index (χ0v) is 24.8. The van der Waals surface area contributed by atoms with Gasteiger partial charge in [0.1, 0.15) is 4.90 Å². The molecule has 38 heavy (non-hydrogen) atoms. The van der Waals surface area contributed by atoms with Crippen molar-refractivity contribution >= 4 is 54.6 Å². The first-order valence-corrected chi connectivity index (χ1v) is 15.8. The van der Waals surface area contributed by atoms with Gasteiger partial charge in [0.2, 0.25) is 5.91 Å². The highest BCUT2D eigenvalue weighted by atomic mass is 79.9. The highest BCUT2D eigenvalue weighted by Gasteiger charge is 2.33. The molecule has 1 aliphatic heterocycles. The number of methoxy groups -OCH3 is 1. The molecule has 202 valence electrons. The maximum Gasteiger partial charge on any atom is 0.264 e. The number of sulfonamides is 1. The van der Waals surface area contributed by atoms with Gasteiger partial charge in [0.25, 0.3) is 10.0 Å². The summed E-state index contributed by atoms with van der Waals surface area (Å²) >= 11 is 4.85. The van der Waals surface area contributed by atoms with Gasteiger partial charge in [-0.3, -0.25) is 9.52 Å². The molecule has 10 heteroatoms. The van der Waals surface area contributed by atoms with Crippen LogP contribution in [0.4, 0.5) is 11.4 Å². The van der Waals surface area contributed by atoms with Gasteiger partial charge >= 0.3 is 0 Å². The molecule has 1 saturated carbocycles. The maximum atomic E-state index is 13.2. The van der Waals surface area contributed by atoms with E-state index >= 15 is 0 Å². The minimum Gasteiger partial charge on any atom is -0.493 e. The number of benzene rings is 2. The van der Waals surface area contributed by atoms with Crippen molar-refractivity contribution in [2.45, 2.75) is 62.9 Å². The molecule has 0 bridgehead atoms. The monoisotopic (exact) mass is 618 g/mol. The Morgan fingerprint density at radius 1 is 1.05 bits per heavy atom. The minimum absolute atomic E-state index is 0.00358. The highest BCUT2D eigenvalue weighted by Crippen LogP contribution is 2.39. The number of aryl methyl sites for hydroxylation is 2. The average Bonchev–Trinajstić information content (AvgIpc) is 3.59. The Hall–Kier alpha value is -2.56. The molecule has 1 aromatic heterocycles. The number of thiophene rings is 1. The van der Waals surface area contributed by atoms with E-state index in [0.29, 0.717) is 39.4 Å². The Morgan fingerprint density at radius 2 is 1.82 bits per heavy atom. The van der Waals surface area contributed by atoms with Crippen LogP contribution in [0.2, 0.25) is 0 Å². The Balaban J connectivity index is 1.35. The fourth-order valence-corrected chi connectivity index (χ4v) is 9.27. The van der Waals surface area contributed by atoms with Crippen molar-refractivity contribution in [1.82, 2.24) is 0 Å². The SMILES string of the molecule is COc1ccc(C2CC(=O)N(c3cccc(NS(=O)(=O)c4c(C)sc(C)c4Br)c3)C2)cc1OC1CCCC1. The van der Waals surface area contributed by atoms with E-state index in [1.807, 2.05) is 31.2 Å². The largest absolute Gasteiger partial charge is 0.493 e. The van der Waals surface area contributed by atoms with E-state index < -0.39 is 10.0 Å². The summed E-state index contributed by atoms with van der Waals surface area (Å²) in [6.45, 7) is 4.17. The predicted octanol–water partition coefficient (Wildman–Crippen LogP) is 6.78. The van der Waals surface area contributed by atoms with E-state index in [-0.39, 0.29) is 22.8 Å². The van der Waals surface area contributed by atoms with Crippen LogP contribution < -0.4 is 19.1 Å². The third-order valence-corrected chi connectivity index (χ3v) is 11.4. The molecule has 2 heterocycles. The Labute approximate surface area is 236 Å². The lowest BCUT2D eigenvalue weighted by molar-refractivity contribution is -0.117. The topological polar surface area (TPSA) is 84.9 Å². The molecular formula is C28H31BrN2O5S2. The second kappa shape index (κ2) is 10.9. The van der Waals surface area contributed by atoms with Crippen molar-refractivity contribution in [1.29, 1.82) is 0 Å². The zero-order valence-electron chi connectivity index (χ0n) is 21.6. The Morgan fingerprint density at radius 3 is 2.50 bits per heavy atom. The summed E-state index contributed by atoms with van der Waals surface area (Å²) in [7, 11) is -2.16. The van der Waals surface area contributed by atoms with Crippen LogP contribution in [0.3, 0.4) is 0 Å². The summed E-state index contributed by atoms with van der Waals surface area (Å²) in [6.07, 6.45) is 5.02. The molecule has 2 fully saturated rings. The van der Waals surface area contributed by atoms with Crippen LogP contribution in [0.25, 0.3) is 0 Å². The smallest absolute Gasteiger partial charge is 0.264 e. The standard InChI is InChI=1S/C28H31BrN2O5S2/c1-17-27(29)28(18(2)37-17)38(33,34)30-21-7-6-8-22(15-21)31-16-20(14-26(31)32)19-11-12-24(35-3)25(13-19)36-23-9-4-5-10-23/h6-8,11-13,15,20,23,30H,4-5,9-10,14,16H2,1-3H3. The van der Waals surface area contributed by atoms with Gasteiger partial charge in [-0.05, 0) is 91.4 Å². The number of carbonyl (C=O) groups excluding carboxylic acids is 1. The lowest BCUT2D eigenvalue weighted by atomic mass is 9.98. The number of rotatable bonds is 8. The molecule has 2 aromatic carbocycles. The van der Waals surface area contributed by atoms with Crippen LogP contribution >= 0.6 is 27.3 Å².